The van der Waals surface area contributed by atoms with E-state index in [1.54, 1.807) is 4.88 Å². The largest absolute Gasteiger partial charge is 0.306 e. The first kappa shape index (κ1) is 12.7. The van der Waals surface area contributed by atoms with Gasteiger partial charge in [-0.3, -0.25) is 0 Å². The van der Waals surface area contributed by atoms with Crippen molar-refractivity contribution >= 4 is 11.3 Å². The second-order valence-electron chi connectivity index (χ2n) is 6.06. The molecule has 2 heteroatoms. The van der Waals surface area contributed by atoms with Gasteiger partial charge < -0.3 is 5.32 Å². The standard InChI is InChI=1S/C16H25NS/c1-2-14(12-9-10-12)17-16(13-6-3-4-7-13)15-8-5-11-18-15/h5,8,11-14,16-17H,2-4,6-7,9-10H2,1H3. The lowest BCUT2D eigenvalue weighted by Crippen LogP contribution is -2.36. The van der Waals surface area contributed by atoms with E-state index in [2.05, 4.69) is 29.8 Å². The summed E-state index contributed by atoms with van der Waals surface area (Å²) in [6.07, 6.45) is 9.93. The molecular formula is C16H25NS. The molecule has 2 aliphatic rings. The SMILES string of the molecule is CCC(NC(c1cccs1)C1CCCC1)C1CC1. The van der Waals surface area contributed by atoms with Crippen LogP contribution in [-0.2, 0) is 0 Å². The fourth-order valence-electron chi connectivity index (χ4n) is 3.53. The molecule has 1 aromatic heterocycles. The molecule has 0 saturated heterocycles. The quantitative estimate of drug-likeness (QED) is 0.780. The van der Waals surface area contributed by atoms with E-state index in [0.29, 0.717) is 6.04 Å². The Hall–Kier alpha value is -0.340. The molecule has 1 heterocycles. The van der Waals surface area contributed by atoms with Gasteiger partial charge in [0.15, 0.2) is 0 Å². The van der Waals surface area contributed by atoms with Crippen LogP contribution in [0.4, 0.5) is 0 Å². The third kappa shape index (κ3) is 2.80. The highest BCUT2D eigenvalue weighted by molar-refractivity contribution is 7.10. The zero-order valence-electron chi connectivity index (χ0n) is 11.4. The van der Waals surface area contributed by atoms with Gasteiger partial charge in [-0.25, -0.2) is 0 Å². The van der Waals surface area contributed by atoms with Crippen LogP contribution < -0.4 is 5.32 Å². The number of thiophene rings is 1. The molecule has 1 nitrogen and oxygen atoms in total. The first-order chi connectivity index (χ1) is 8.88. The molecule has 0 aromatic carbocycles. The van der Waals surface area contributed by atoms with Gasteiger partial charge in [-0.05, 0) is 55.4 Å². The van der Waals surface area contributed by atoms with E-state index in [1.165, 1.54) is 44.9 Å². The summed E-state index contributed by atoms with van der Waals surface area (Å²) in [4.78, 5) is 1.57. The topological polar surface area (TPSA) is 12.0 Å². The van der Waals surface area contributed by atoms with Crippen LogP contribution >= 0.6 is 11.3 Å². The molecule has 2 fully saturated rings. The Bertz CT molecular complexity index is 349. The van der Waals surface area contributed by atoms with Crippen molar-refractivity contribution in [2.75, 3.05) is 0 Å². The van der Waals surface area contributed by atoms with Crippen LogP contribution in [0, 0.1) is 11.8 Å². The Morgan fingerprint density at radius 3 is 2.56 bits per heavy atom. The minimum Gasteiger partial charge on any atom is -0.306 e. The van der Waals surface area contributed by atoms with Crippen molar-refractivity contribution in [1.29, 1.82) is 0 Å². The van der Waals surface area contributed by atoms with Crippen molar-refractivity contribution < 1.29 is 0 Å². The maximum atomic E-state index is 4.02. The molecule has 2 aliphatic carbocycles. The van der Waals surface area contributed by atoms with Crippen LogP contribution in [0.25, 0.3) is 0 Å². The summed E-state index contributed by atoms with van der Waals surface area (Å²) in [6, 6.07) is 5.94. The average Bonchev–Trinajstić information content (AvgIpc) is 2.90. The summed E-state index contributed by atoms with van der Waals surface area (Å²) in [5.41, 5.74) is 0. The first-order valence-electron chi connectivity index (χ1n) is 7.68. The lowest BCUT2D eigenvalue weighted by atomic mass is 9.94. The summed E-state index contributed by atoms with van der Waals surface area (Å²) in [5.74, 6) is 1.86. The van der Waals surface area contributed by atoms with Crippen molar-refractivity contribution in [2.24, 2.45) is 11.8 Å². The normalized spacial score (nSPS) is 24.3. The molecular weight excluding hydrogens is 238 g/mol. The van der Waals surface area contributed by atoms with Gasteiger partial charge >= 0.3 is 0 Å². The molecule has 2 atom stereocenters. The fourth-order valence-corrected chi connectivity index (χ4v) is 4.40. The fraction of sp³-hybridized carbons (Fsp3) is 0.750. The summed E-state index contributed by atoms with van der Waals surface area (Å²) in [6.45, 7) is 2.34. The minimum absolute atomic E-state index is 0.637. The Labute approximate surface area is 115 Å². The Balaban J connectivity index is 1.71. The number of hydrogen-bond donors (Lipinski definition) is 1. The maximum Gasteiger partial charge on any atom is 0.0445 e. The highest BCUT2D eigenvalue weighted by Gasteiger charge is 2.34. The van der Waals surface area contributed by atoms with Gasteiger partial charge in [0.1, 0.15) is 0 Å². The summed E-state index contributed by atoms with van der Waals surface area (Å²) in [7, 11) is 0. The molecule has 2 saturated carbocycles. The van der Waals surface area contributed by atoms with E-state index in [9.17, 15) is 0 Å². The smallest absolute Gasteiger partial charge is 0.0445 e. The van der Waals surface area contributed by atoms with Crippen LogP contribution in [0.3, 0.4) is 0 Å². The van der Waals surface area contributed by atoms with Crippen LogP contribution in [0.1, 0.15) is 62.8 Å². The molecule has 2 unspecified atom stereocenters. The molecule has 0 amide bonds. The van der Waals surface area contributed by atoms with Crippen molar-refractivity contribution in [3.8, 4) is 0 Å². The van der Waals surface area contributed by atoms with Crippen molar-refractivity contribution in [3.63, 3.8) is 0 Å². The van der Waals surface area contributed by atoms with Crippen LogP contribution in [0.15, 0.2) is 17.5 Å². The summed E-state index contributed by atoms with van der Waals surface area (Å²) in [5, 5.41) is 6.25. The molecule has 18 heavy (non-hydrogen) atoms. The molecule has 3 rings (SSSR count). The van der Waals surface area contributed by atoms with Gasteiger partial charge in [-0.15, -0.1) is 11.3 Å². The van der Waals surface area contributed by atoms with Gasteiger partial charge in [0, 0.05) is 17.0 Å². The lowest BCUT2D eigenvalue weighted by Gasteiger charge is -2.29. The monoisotopic (exact) mass is 263 g/mol. The average molecular weight is 263 g/mol. The molecule has 100 valence electrons. The second kappa shape index (κ2) is 5.75. The molecule has 1 aromatic rings. The Kier molecular flexibility index (Phi) is 4.05. The Morgan fingerprint density at radius 1 is 1.22 bits per heavy atom. The minimum atomic E-state index is 0.637. The summed E-state index contributed by atoms with van der Waals surface area (Å²) >= 11 is 1.94. The van der Waals surface area contributed by atoms with E-state index in [-0.39, 0.29) is 0 Å². The summed E-state index contributed by atoms with van der Waals surface area (Å²) < 4.78 is 0. The first-order valence-corrected chi connectivity index (χ1v) is 8.56. The molecule has 0 aliphatic heterocycles. The van der Waals surface area contributed by atoms with E-state index >= 15 is 0 Å². The Morgan fingerprint density at radius 2 is 2.00 bits per heavy atom. The number of hydrogen-bond acceptors (Lipinski definition) is 2. The van der Waals surface area contributed by atoms with Crippen LogP contribution in [-0.4, -0.2) is 6.04 Å². The molecule has 0 spiro atoms. The number of nitrogens with one attached hydrogen (secondary N) is 1. The van der Waals surface area contributed by atoms with E-state index < -0.39 is 0 Å². The third-order valence-corrected chi connectivity index (χ3v) is 5.70. The maximum absolute atomic E-state index is 4.02. The molecule has 0 radical (unpaired) electrons. The van der Waals surface area contributed by atoms with Crippen LogP contribution in [0.2, 0.25) is 0 Å². The van der Waals surface area contributed by atoms with Crippen molar-refractivity contribution in [2.45, 2.75) is 64.0 Å². The zero-order valence-corrected chi connectivity index (χ0v) is 12.2. The highest BCUT2D eigenvalue weighted by Crippen LogP contribution is 2.40. The predicted octanol–water partition coefficient (Wildman–Crippen LogP) is 4.76. The van der Waals surface area contributed by atoms with E-state index in [1.807, 2.05) is 11.3 Å². The van der Waals surface area contributed by atoms with Gasteiger partial charge in [-0.2, -0.15) is 0 Å². The van der Waals surface area contributed by atoms with E-state index in [4.69, 9.17) is 0 Å². The predicted molar refractivity (Wildman–Crippen MR) is 79.0 cm³/mol. The van der Waals surface area contributed by atoms with Crippen LogP contribution in [0.5, 0.6) is 0 Å². The zero-order chi connectivity index (χ0) is 12.4. The van der Waals surface area contributed by atoms with Gasteiger partial charge in [0.25, 0.3) is 0 Å². The second-order valence-corrected chi connectivity index (χ2v) is 7.04. The van der Waals surface area contributed by atoms with E-state index in [0.717, 1.165) is 17.9 Å². The van der Waals surface area contributed by atoms with Crippen molar-refractivity contribution in [3.05, 3.63) is 22.4 Å². The highest BCUT2D eigenvalue weighted by atomic mass is 32.1. The van der Waals surface area contributed by atoms with Gasteiger partial charge in [0.05, 0.1) is 0 Å². The van der Waals surface area contributed by atoms with Gasteiger partial charge in [-0.1, -0.05) is 25.8 Å². The molecule has 1 N–H and O–H groups in total. The van der Waals surface area contributed by atoms with Crippen molar-refractivity contribution in [1.82, 2.24) is 5.32 Å². The third-order valence-electron chi connectivity index (χ3n) is 4.75. The molecule has 0 bridgehead atoms. The van der Waals surface area contributed by atoms with Gasteiger partial charge in [0.2, 0.25) is 0 Å². The number of rotatable bonds is 6. The lowest BCUT2D eigenvalue weighted by molar-refractivity contribution is 0.309.